The number of aromatic nitrogens is 3. The molecule has 0 saturated carbocycles. The molecule has 2 aromatic rings. The summed E-state index contributed by atoms with van der Waals surface area (Å²) in [5.74, 6) is 1.16. The first-order valence-corrected chi connectivity index (χ1v) is 7.60. The van der Waals surface area contributed by atoms with Gasteiger partial charge in [-0.1, -0.05) is 5.16 Å². The van der Waals surface area contributed by atoms with E-state index in [1.54, 1.807) is 12.5 Å². The van der Waals surface area contributed by atoms with Crippen molar-refractivity contribution in [3.8, 4) is 0 Å². The molecule has 6 nitrogen and oxygen atoms in total. The number of nitrogens with zero attached hydrogens (tertiary/aromatic N) is 4. The van der Waals surface area contributed by atoms with Gasteiger partial charge in [-0.2, -0.15) is 0 Å². The Kier molecular flexibility index (Phi) is 4.18. The van der Waals surface area contributed by atoms with Gasteiger partial charge >= 0.3 is 0 Å². The maximum absolute atomic E-state index is 12.6. The number of hydrogen-bond donors (Lipinski definition) is 0. The summed E-state index contributed by atoms with van der Waals surface area (Å²) in [5.41, 5.74) is 2.73. The van der Waals surface area contributed by atoms with Crippen molar-refractivity contribution in [3.05, 3.63) is 41.3 Å². The fraction of sp³-hybridized carbons (Fsp3) is 0.500. The number of amides is 1. The van der Waals surface area contributed by atoms with Gasteiger partial charge in [0.05, 0.1) is 12.1 Å². The average Bonchev–Trinajstić information content (AvgIpc) is 2.88. The van der Waals surface area contributed by atoms with Crippen molar-refractivity contribution in [1.82, 2.24) is 20.0 Å². The topological polar surface area (TPSA) is 72.1 Å². The molecule has 0 radical (unpaired) electrons. The van der Waals surface area contributed by atoms with Gasteiger partial charge in [-0.15, -0.1) is 0 Å². The summed E-state index contributed by atoms with van der Waals surface area (Å²) in [6.45, 7) is 5.25. The van der Waals surface area contributed by atoms with Crippen molar-refractivity contribution in [1.29, 1.82) is 0 Å². The number of hydrogen-bond acceptors (Lipinski definition) is 5. The number of likely N-dealkylation sites (tertiary alicyclic amines) is 1. The van der Waals surface area contributed by atoms with Crippen LogP contribution in [0.2, 0.25) is 0 Å². The molecule has 1 amide bonds. The lowest BCUT2D eigenvalue weighted by atomic mass is 9.94. The van der Waals surface area contributed by atoms with Crippen LogP contribution in [0.1, 0.15) is 41.5 Å². The summed E-state index contributed by atoms with van der Waals surface area (Å²) in [6, 6.07) is 1.94. The lowest BCUT2D eigenvalue weighted by Crippen LogP contribution is -2.40. The van der Waals surface area contributed by atoms with Gasteiger partial charge in [0.15, 0.2) is 0 Å². The number of aryl methyl sites for hydroxylation is 2. The summed E-state index contributed by atoms with van der Waals surface area (Å²) in [6.07, 6.45) is 5.75. The molecule has 1 aliphatic heterocycles. The molecule has 3 rings (SSSR count). The number of piperidine rings is 1. The first-order chi connectivity index (χ1) is 10.6. The lowest BCUT2D eigenvalue weighted by Gasteiger charge is -2.32. The van der Waals surface area contributed by atoms with Crippen LogP contribution in [0.15, 0.2) is 23.1 Å². The minimum absolute atomic E-state index is 0.133. The van der Waals surface area contributed by atoms with Crippen molar-refractivity contribution in [3.63, 3.8) is 0 Å². The zero-order chi connectivity index (χ0) is 15.5. The molecule has 1 aliphatic rings. The van der Waals surface area contributed by atoms with E-state index >= 15 is 0 Å². The summed E-state index contributed by atoms with van der Waals surface area (Å²) >= 11 is 0. The molecule has 0 aromatic carbocycles. The molecule has 116 valence electrons. The minimum atomic E-state index is 0.133. The van der Waals surface area contributed by atoms with Crippen molar-refractivity contribution in [2.75, 3.05) is 13.1 Å². The van der Waals surface area contributed by atoms with Crippen LogP contribution in [0, 0.1) is 13.8 Å². The fourth-order valence-electron chi connectivity index (χ4n) is 3.00. The highest BCUT2D eigenvalue weighted by Gasteiger charge is 2.26. The molecule has 3 heterocycles. The van der Waals surface area contributed by atoms with Crippen molar-refractivity contribution in [2.24, 2.45) is 0 Å². The zero-order valence-electron chi connectivity index (χ0n) is 13.0. The van der Waals surface area contributed by atoms with Crippen LogP contribution >= 0.6 is 0 Å². The van der Waals surface area contributed by atoms with Crippen LogP contribution in [0.5, 0.6) is 0 Å². The van der Waals surface area contributed by atoms with E-state index in [0.29, 0.717) is 12.3 Å². The van der Waals surface area contributed by atoms with E-state index in [4.69, 9.17) is 4.52 Å². The van der Waals surface area contributed by atoms with E-state index in [9.17, 15) is 4.79 Å². The summed E-state index contributed by atoms with van der Waals surface area (Å²) in [7, 11) is 0. The van der Waals surface area contributed by atoms with E-state index in [2.05, 4.69) is 15.1 Å². The van der Waals surface area contributed by atoms with Crippen LogP contribution in [-0.4, -0.2) is 39.0 Å². The normalized spacial score (nSPS) is 18.5. The Bertz CT molecular complexity index is 634. The summed E-state index contributed by atoms with van der Waals surface area (Å²) in [5, 5.41) is 3.91. The summed E-state index contributed by atoms with van der Waals surface area (Å²) < 4.78 is 5.14. The molecule has 6 heteroatoms. The molecule has 1 saturated heterocycles. The quantitative estimate of drug-likeness (QED) is 0.867. The Morgan fingerprint density at radius 3 is 3.00 bits per heavy atom. The molecule has 2 aromatic heterocycles. The van der Waals surface area contributed by atoms with E-state index in [1.807, 2.05) is 24.8 Å². The minimum Gasteiger partial charge on any atom is -0.361 e. The van der Waals surface area contributed by atoms with E-state index < -0.39 is 0 Å². The first-order valence-electron chi connectivity index (χ1n) is 7.60. The van der Waals surface area contributed by atoms with E-state index in [0.717, 1.165) is 48.6 Å². The Balaban J connectivity index is 1.68. The first kappa shape index (κ1) is 14.7. The van der Waals surface area contributed by atoms with Gasteiger partial charge in [-0.25, -0.2) is 9.97 Å². The fourth-order valence-corrected chi connectivity index (χ4v) is 3.00. The second kappa shape index (κ2) is 6.25. The predicted octanol–water partition coefficient (Wildman–Crippen LogP) is 2.03. The van der Waals surface area contributed by atoms with Crippen LogP contribution in [0.25, 0.3) is 0 Å². The smallest absolute Gasteiger partial charge is 0.227 e. The molecule has 0 unspecified atom stereocenters. The Labute approximate surface area is 129 Å². The van der Waals surface area contributed by atoms with Gasteiger partial charge < -0.3 is 9.42 Å². The molecular formula is C16H20N4O2. The van der Waals surface area contributed by atoms with Gasteiger partial charge in [0.2, 0.25) is 5.91 Å². The Hall–Kier alpha value is -2.24. The molecule has 0 spiro atoms. The molecule has 0 bridgehead atoms. The molecule has 0 N–H and O–H groups in total. The number of carbonyl (C=O) groups is 1. The SMILES string of the molecule is Cc1noc(C)c1CC(=O)N1CCC[C@@H](c2ccncn2)C1. The number of rotatable bonds is 3. The largest absolute Gasteiger partial charge is 0.361 e. The number of carbonyl (C=O) groups excluding carboxylic acids is 1. The molecular weight excluding hydrogens is 280 g/mol. The van der Waals surface area contributed by atoms with Crippen molar-refractivity contribution >= 4 is 5.91 Å². The van der Waals surface area contributed by atoms with E-state index in [-0.39, 0.29) is 5.91 Å². The molecule has 22 heavy (non-hydrogen) atoms. The molecule has 1 atom stereocenters. The lowest BCUT2D eigenvalue weighted by molar-refractivity contribution is -0.131. The van der Waals surface area contributed by atoms with Gasteiger partial charge in [-0.3, -0.25) is 4.79 Å². The monoisotopic (exact) mass is 300 g/mol. The third-order valence-electron chi connectivity index (χ3n) is 4.31. The van der Waals surface area contributed by atoms with Gasteiger partial charge in [0.1, 0.15) is 12.1 Å². The summed E-state index contributed by atoms with van der Waals surface area (Å²) in [4.78, 5) is 22.8. The standard InChI is InChI=1S/C16H20N4O2/c1-11-14(12(2)22-19-11)8-16(21)20-7-3-4-13(9-20)15-5-6-17-10-18-15/h5-6,10,13H,3-4,7-9H2,1-2H3/t13-/m1/s1. The third-order valence-corrected chi connectivity index (χ3v) is 4.31. The van der Waals surface area contributed by atoms with Crippen LogP contribution in [0.3, 0.4) is 0 Å². The van der Waals surface area contributed by atoms with E-state index in [1.165, 1.54) is 0 Å². The maximum Gasteiger partial charge on any atom is 0.227 e. The highest BCUT2D eigenvalue weighted by Crippen LogP contribution is 2.26. The highest BCUT2D eigenvalue weighted by atomic mass is 16.5. The van der Waals surface area contributed by atoms with Gasteiger partial charge in [0, 0.05) is 36.5 Å². The molecule has 1 fully saturated rings. The average molecular weight is 300 g/mol. The maximum atomic E-state index is 12.6. The Morgan fingerprint density at radius 1 is 1.45 bits per heavy atom. The Morgan fingerprint density at radius 2 is 2.32 bits per heavy atom. The van der Waals surface area contributed by atoms with Crippen LogP contribution in [-0.2, 0) is 11.2 Å². The van der Waals surface area contributed by atoms with Crippen LogP contribution in [0.4, 0.5) is 0 Å². The molecule has 0 aliphatic carbocycles. The van der Waals surface area contributed by atoms with Gasteiger partial charge in [-0.05, 0) is 32.8 Å². The van der Waals surface area contributed by atoms with Gasteiger partial charge in [0.25, 0.3) is 0 Å². The van der Waals surface area contributed by atoms with Crippen molar-refractivity contribution < 1.29 is 9.32 Å². The van der Waals surface area contributed by atoms with Crippen LogP contribution < -0.4 is 0 Å². The second-order valence-electron chi connectivity index (χ2n) is 5.79. The third kappa shape index (κ3) is 3.00. The van der Waals surface area contributed by atoms with Crippen molar-refractivity contribution in [2.45, 2.75) is 39.0 Å². The second-order valence-corrected chi connectivity index (χ2v) is 5.79. The zero-order valence-corrected chi connectivity index (χ0v) is 13.0. The highest BCUT2D eigenvalue weighted by molar-refractivity contribution is 5.79. The predicted molar refractivity (Wildman–Crippen MR) is 80.3 cm³/mol.